The van der Waals surface area contributed by atoms with Crippen LogP contribution in [-0.4, -0.2) is 41.9 Å². The SMILES string of the molecule is CC(Oc1ccccc1Cl)C(=O)N1CCC(NC(=O)CCc2ccccc2)CC1. The fourth-order valence-corrected chi connectivity index (χ4v) is 3.67. The number of benzene rings is 2. The summed E-state index contributed by atoms with van der Waals surface area (Å²) < 4.78 is 5.73. The first-order chi connectivity index (χ1) is 14.0. The molecule has 1 heterocycles. The minimum Gasteiger partial charge on any atom is -0.479 e. The second kappa shape index (κ2) is 10.3. The largest absolute Gasteiger partial charge is 0.479 e. The molecule has 1 unspecified atom stereocenters. The molecule has 0 aromatic heterocycles. The van der Waals surface area contributed by atoms with Gasteiger partial charge in [-0.05, 0) is 43.9 Å². The van der Waals surface area contributed by atoms with Gasteiger partial charge in [0.05, 0.1) is 5.02 Å². The van der Waals surface area contributed by atoms with E-state index in [9.17, 15) is 9.59 Å². The van der Waals surface area contributed by atoms with E-state index in [0.717, 1.165) is 24.8 Å². The van der Waals surface area contributed by atoms with Crippen molar-refractivity contribution in [3.8, 4) is 5.75 Å². The number of aryl methyl sites for hydroxylation is 1. The van der Waals surface area contributed by atoms with Crippen LogP contribution in [0.1, 0.15) is 31.7 Å². The first-order valence-corrected chi connectivity index (χ1v) is 10.4. The number of hydrogen-bond donors (Lipinski definition) is 1. The molecule has 0 bridgehead atoms. The average Bonchev–Trinajstić information content (AvgIpc) is 2.74. The summed E-state index contributed by atoms with van der Waals surface area (Å²) in [4.78, 5) is 26.7. The Balaban J connectivity index is 1.40. The van der Waals surface area contributed by atoms with Crippen LogP contribution in [0.3, 0.4) is 0 Å². The number of carbonyl (C=O) groups is 2. The maximum absolute atomic E-state index is 12.7. The predicted octanol–water partition coefficient (Wildman–Crippen LogP) is 3.85. The molecule has 2 amide bonds. The molecule has 3 rings (SSSR count). The third kappa shape index (κ3) is 6.23. The van der Waals surface area contributed by atoms with Gasteiger partial charge in [0.1, 0.15) is 5.75 Å². The zero-order chi connectivity index (χ0) is 20.6. The second-order valence-corrected chi connectivity index (χ2v) is 7.75. The second-order valence-electron chi connectivity index (χ2n) is 7.34. The number of piperidine rings is 1. The van der Waals surface area contributed by atoms with Gasteiger partial charge in [-0.15, -0.1) is 0 Å². The molecular formula is C23H27ClN2O3. The van der Waals surface area contributed by atoms with Crippen molar-refractivity contribution in [3.63, 3.8) is 0 Å². The van der Waals surface area contributed by atoms with E-state index in [-0.39, 0.29) is 17.9 Å². The van der Waals surface area contributed by atoms with E-state index >= 15 is 0 Å². The molecule has 1 aliphatic heterocycles. The summed E-state index contributed by atoms with van der Waals surface area (Å²) in [5, 5.41) is 3.59. The van der Waals surface area contributed by atoms with Crippen molar-refractivity contribution in [1.29, 1.82) is 0 Å². The van der Waals surface area contributed by atoms with E-state index in [4.69, 9.17) is 16.3 Å². The Kier molecular flexibility index (Phi) is 7.53. The van der Waals surface area contributed by atoms with E-state index in [0.29, 0.717) is 30.3 Å². The smallest absolute Gasteiger partial charge is 0.263 e. The highest BCUT2D eigenvalue weighted by Gasteiger charge is 2.27. The molecule has 1 atom stereocenters. The fourth-order valence-electron chi connectivity index (χ4n) is 3.48. The van der Waals surface area contributed by atoms with Crippen molar-refractivity contribution in [2.24, 2.45) is 0 Å². The lowest BCUT2D eigenvalue weighted by molar-refractivity contribution is -0.139. The van der Waals surface area contributed by atoms with Crippen LogP contribution in [-0.2, 0) is 16.0 Å². The van der Waals surface area contributed by atoms with Crippen molar-refractivity contribution in [1.82, 2.24) is 10.2 Å². The van der Waals surface area contributed by atoms with Gasteiger partial charge in [-0.25, -0.2) is 0 Å². The number of amides is 2. The lowest BCUT2D eigenvalue weighted by atomic mass is 10.0. The highest BCUT2D eigenvalue weighted by Crippen LogP contribution is 2.25. The van der Waals surface area contributed by atoms with E-state index < -0.39 is 6.10 Å². The molecule has 154 valence electrons. The Bertz CT molecular complexity index is 820. The summed E-state index contributed by atoms with van der Waals surface area (Å²) in [6.45, 7) is 2.96. The molecule has 5 nitrogen and oxygen atoms in total. The van der Waals surface area contributed by atoms with Crippen LogP contribution in [0.5, 0.6) is 5.75 Å². The number of nitrogens with zero attached hydrogens (tertiary/aromatic N) is 1. The van der Waals surface area contributed by atoms with Crippen molar-refractivity contribution < 1.29 is 14.3 Å². The Morgan fingerprint density at radius 3 is 2.45 bits per heavy atom. The van der Waals surface area contributed by atoms with Gasteiger partial charge in [0.25, 0.3) is 5.91 Å². The quantitative estimate of drug-likeness (QED) is 0.748. The van der Waals surface area contributed by atoms with E-state index in [2.05, 4.69) is 5.32 Å². The van der Waals surface area contributed by atoms with Gasteiger partial charge in [-0.3, -0.25) is 9.59 Å². The first-order valence-electron chi connectivity index (χ1n) is 10.1. The summed E-state index contributed by atoms with van der Waals surface area (Å²) >= 11 is 6.10. The van der Waals surface area contributed by atoms with Crippen molar-refractivity contribution in [3.05, 3.63) is 65.2 Å². The molecule has 29 heavy (non-hydrogen) atoms. The van der Waals surface area contributed by atoms with Crippen LogP contribution in [0.25, 0.3) is 0 Å². The Hall–Kier alpha value is -2.53. The van der Waals surface area contributed by atoms with Crippen LogP contribution in [0.4, 0.5) is 0 Å². The number of para-hydroxylation sites is 1. The van der Waals surface area contributed by atoms with Gasteiger partial charge in [0.2, 0.25) is 5.91 Å². The lowest BCUT2D eigenvalue weighted by Crippen LogP contribution is -2.49. The van der Waals surface area contributed by atoms with Gasteiger partial charge in [0.15, 0.2) is 6.10 Å². The topological polar surface area (TPSA) is 58.6 Å². The zero-order valence-corrected chi connectivity index (χ0v) is 17.4. The van der Waals surface area contributed by atoms with Crippen LogP contribution < -0.4 is 10.1 Å². The van der Waals surface area contributed by atoms with E-state index in [1.165, 1.54) is 0 Å². The Morgan fingerprint density at radius 1 is 1.10 bits per heavy atom. The zero-order valence-electron chi connectivity index (χ0n) is 16.6. The highest BCUT2D eigenvalue weighted by molar-refractivity contribution is 6.32. The van der Waals surface area contributed by atoms with Crippen molar-refractivity contribution >= 4 is 23.4 Å². The van der Waals surface area contributed by atoms with Crippen LogP contribution in [0.2, 0.25) is 5.02 Å². The molecule has 1 aliphatic rings. The number of ether oxygens (including phenoxy) is 1. The molecule has 0 spiro atoms. The normalized spacial score (nSPS) is 15.6. The Morgan fingerprint density at radius 2 is 1.76 bits per heavy atom. The number of carbonyl (C=O) groups excluding carboxylic acids is 2. The summed E-state index contributed by atoms with van der Waals surface area (Å²) in [6.07, 6.45) is 2.11. The fraction of sp³-hybridized carbons (Fsp3) is 0.391. The molecule has 6 heteroatoms. The van der Waals surface area contributed by atoms with Gasteiger partial charge < -0.3 is 15.0 Å². The maximum atomic E-state index is 12.7. The molecule has 0 aliphatic carbocycles. The summed E-state index contributed by atoms with van der Waals surface area (Å²) in [5.74, 6) is 0.517. The summed E-state index contributed by atoms with van der Waals surface area (Å²) in [5.41, 5.74) is 1.16. The first kappa shape index (κ1) is 21.2. The van der Waals surface area contributed by atoms with Gasteiger partial charge in [0, 0.05) is 25.6 Å². The molecule has 0 saturated carbocycles. The lowest BCUT2D eigenvalue weighted by Gasteiger charge is -2.34. The van der Waals surface area contributed by atoms with Crippen LogP contribution >= 0.6 is 11.6 Å². The number of halogens is 1. The van der Waals surface area contributed by atoms with Gasteiger partial charge in [-0.2, -0.15) is 0 Å². The van der Waals surface area contributed by atoms with E-state index in [1.54, 1.807) is 24.0 Å². The molecule has 2 aromatic rings. The van der Waals surface area contributed by atoms with Gasteiger partial charge in [-0.1, -0.05) is 54.1 Å². The van der Waals surface area contributed by atoms with Crippen LogP contribution in [0.15, 0.2) is 54.6 Å². The number of likely N-dealkylation sites (tertiary alicyclic amines) is 1. The minimum absolute atomic E-state index is 0.0567. The van der Waals surface area contributed by atoms with Crippen molar-refractivity contribution in [2.45, 2.75) is 44.8 Å². The number of rotatable bonds is 7. The molecular weight excluding hydrogens is 388 g/mol. The third-order valence-electron chi connectivity index (χ3n) is 5.14. The third-order valence-corrected chi connectivity index (χ3v) is 5.46. The van der Waals surface area contributed by atoms with Crippen LogP contribution in [0, 0.1) is 0 Å². The summed E-state index contributed by atoms with van der Waals surface area (Å²) in [6, 6.07) is 17.2. The molecule has 2 aromatic carbocycles. The van der Waals surface area contributed by atoms with Gasteiger partial charge >= 0.3 is 0 Å². The van der Waals surface area contributed by atoms with Crippen molar-refractivity contribution in [2.75, 3.05) is 13.1 Å². The predicted molar refractivity (Wildman–Crippen MR) is 114 cm³/mol. The number of hydrogen-bond acceptors (Lipinski definition) is 3. The number of nitrogens with one attached hydrogen (secondary N) is 1. The summed E-state index contributed by atoms with van der Waals surface area (Å²) in [7, 11) is 0. The highest BCUT2D eigenvalue weighted by atomic mass is 35.5. The Labute approximate surface area is 177 Å². The minimum atomic E-state index is -0.605. The average molecular weight is 415 g/mol. The molecule has 1 fully saturated rings. The standard InChI is InChI=1S/C23H27ClN2O3/c1-17(29-21-10-6-5-9-20(21)24)23(28)26-15-13-19(14-16-26)25-22(27)12-11-18-7-3-2-4-8-18/h2-10,17,19H,11-16H2,1H3,(H,25,27). The monoisotopic (exact) mass is 414 g/mol. The molecule has 1 N–H and O–H groups in total. The molecule has 1 saturated heterocycles. The maximum Gasteiger partial charge on any atom is 0.263 e. The van der Waals surface area contributed by atoms with E-state index in [1.807, 2.05) is 42.5 Å². The molecule has 0 radical (unpaired) electrons.